The summed E-state index contributed by atoms with van der Waals surface area (Å²) in [6, 6.07) is 16.8. The van der Waals surface area contributed by atoms with Gasteiger partial charge in [-0.05, 0) is 43.9 Å². The van der Waals surface area contributed by atoms with Crippen molar-refractivity contribution in [1.29, 1.82) is 0 Å². The summed E-state index contributed by atoms with van der Waals surface area (Å²) >= 11 is 6.32. The molecule has 0 heterocycles. The van der Waals surface area contributed by atoms with Crippen LogP contribution in [0, 0.1) is 0 Å². The number of halogens is 1. The van der Waals surface area contributed by atoms with Gasteiger partial charge in [0.25, 0.3) is 0 Å². The van der Waals surface area contributed by atoms with Crippen molar-refractivity contribution in [1.82, 2.24) is 10.2 Å². The van der Waals surface area contributed by atoms with Crippen LogP contribution in [0.4, 0.5) is 0 Å². The second kappa shape index (κ2) is 10.9. The number of nitrogens with one attached hydrogen (secondary N) is 1. The Balaban J connectivity index is 2.22. The van der Waals surface area contributed by atoms with Crippen LogP contribution < -0.4 is 5.32 Å². The number of benzene rings is 2. The molecule has 0 radical (unpaired) electrons. The first kappa shape index (κ1) is 22.0. The fraction of sp³-hybridized carbons (Fsp3) is 0.391. The van der Waals surface area contributed by atoms with Crippen LogP contribution in [-0.2, 0) is 22.6 Å². The van der Waals surface area contributed by atoms with Crippen molar-refractivity contribution in [3.63, 3.8) is 0 Å². The number of carbonyl (C=O) groups excluding carboxylic acids is 2. The van der Waals surface area contributed by atoms with Gasteiger partial charge in [-0.2, -0.15) is 0 Å². The Morgan fingerprint density at radius 3 is 2.29 bits per heavy atom. The van der Waals surface area contributed by atoms with Crippen LogP contribution in [0.25, 0.3) is 0 Å². The minimum absolute atomic E-state index is 0.0168. The molecule has 0 aliphatic heterocycles. The van der Waals surface area contributed by atoms with Crippen molar-refractivity contribution in [2.75, 3.05) is 0 Å². The van der Waals surface area contributed by atoms with Crippen LogP contribution in [-0.4, -0.2) is 28.8 Å². The largest absolute Gasteiger partial charge is 0.352 e. The molecular formula is C23H29ClN2O2. The van der Waals surface area contributed by atoms with Gasteiger partial charge in [0.15, 0.2) is 0 Å². The van der Waals surface area contributed by atoms with E-state index in [0.717, 1.165) is 11.1 Å². The highest BCUT2D eigenvalue weighted by molar-refractivity contribution is 6.31. The zero-order chi connectivity index (χ0) is 20.5. The van der Waals surface area contributed by atoms with Crippen LogP contribution in [0.3, 0.4) is 0 Å². The standard InChI is InChI=1S/C23H29ClN2O2/c1-4-21(23(28)25-17(2)3)26(16-19-12-8-9-13-20(19)24)22(27)15-14-18-10-6-5-7-11-18/h5-13,17,21H,4,14-16H2,1-3H3,(H,25,28)/t21-/m1/s1. The van der Waals surface area contributed by atoms with E-state index in [1.807, 2.05) is 69.3 Å². The highest BCUT2D eigenvalue weighted by Crippen LogP contribution is 2.20. The molecule has 0 unspecified atom stereocenters. The molecule has 2 amide bonds. The number of rotatable bonds is 9. The average Bonchev–Trinajstić information content (AvgIpc) is 2.67. The predicted octanol–water partition coefficient (Wildman–Crippen LogP) is 4.60. The Bertz CT molecular complexity index is 777. The molecule has 0 aliphatic rings. The highest BCUT2D eigenvalue weighted by atomic mass is 35.5. The minimum atomic E-state index is -0.526. The molecule has 2 rings (SSSR count). The van der Waals surface area contributed by atoms with Crippen molar-refractivity contribution in [2.24, 2.45) is 0 Å². The van der Waals surface area contributed by atoms with E-state index in [1.54, 1.807) is 11.0 Å². The van der Waals surface area contributed by atoms with Gasteiger partial charge in [0.2, 0.25) is 11.8 Å². The predicted molar refractivity (Wildman–Crippen MR) is 114 cm³/mol. The summed E-state index contributed by atoms with van der Waals surface area (Å²) < 4.78 is 0. The molecule has 28 heavy (non-hydrogen) atoms. The van der Waals surface area contributed by atoms with Crippen LogP contribution in [0.5, 0.6) is 0 Å². The molecule has 0 bridgehead atoms. The van der Waals surface area contributed by atoms with Crippen molar-refractivity contribution in [3.05, 3.63) is 70.7 Å². The van der Waals surface area contributed by atoms with Crippen molar-refractivity contribution in [2.45, 2.75) is 58.7 Å². The summed E-state index contributed by atoms with van der Waals surface area (Å²) in [4.78, 5) is 27.5. The fourth-order valence-corrected chi connectivity index (χ4v) is 3.35. The molecule has 2 aromatic rings. The summed E-state index contributed by atoms with van der Waals surface area (Å²) in [5.41, 5.74) is 1.95. The third-order valence-corrected chi connectivity index (χ3v) is 4.95. The molecule has 150 valence electrons. The molecule has 0 spiro atoms. The van der Waals surface area contributed by atoms with Gasteiger partial charge in [0.05, 0.1) is 0 Å². The molecule has 0 saturated heterocycles. The number of nitrogens with zero attached hydrogens (tertiary/aromatic N) is 1. The third-order valence-electron chi connectivity index (χ3n) is 4.59. The first-order valence-electron chi connectivity index (χ1n) is 9.79. The lowest BCUT2D eigenvalue weighted by molar-refractivity contribution is -0.141. The fourth-order valence-electron chi connectivity index (χ4n) is 3.15. The lowest BCUT2D eigenvalue weighted by Crippen LogP contribution is -2.50. The number of carbonyl (C=O) groups is 2. The molecule has 0 aromatic heterocycles. The van der Waals surface area contributed by atoms with E-state index in [2.05, 4.69) is 5.32 Å². The van der Waals surface area contributed by atoms with Crippen LogP contribution >= 0.6 is 11.6 Å². The Morgan fingerprint density at radius 2 is 1.68 bits per heavy atom. The zero-order valence-corrected chi connectivity index (χ0v) is 17.6. The number of amides is 2. The normalized spacial score (nSPS) is 11.9. The summed E-state index contributed by atoms with van der Waals surface area (Å²) in [6.07, 6.45) is 1.53. The zero-order valence-electron chi connectivity index (χ0n) is 16.8. The summed E-state index contributed by atoms with van der Waals surface area (Å²) in [5.74, 6) is -0.174. The van der Waals surface area contributed by atoms with Gasteiger partial charge >= 0.3 is 0 Å². The van der Waals surface area contributed by atoms with Gasteiger partial charge in [-0.1, -0.05) is 67.1 Å². The maximum absolute atomic E-state index is 13.1. The molecule has 0 saturated carbocycles. The molecule has 1 N–H and O–H groups in total. The van der Waals surface area contributed by atoms with E-state index in [1.165, 1.54) is 0 Å². The van der Waals surface area contributed by atoms with Gasteiger partial charge in [-0.25, -0.2) is 0 Å². The highest BCUT2D eigenvalue weighted by Gasteiger charge is 2.29. The van der Waals surface area contributed by atoms with Gasteiger partial charge in [-0.15, -0.1) is 0 Å². The average molecular weight is 401 g/mol. The van der Waals surface area contributed by atoms with Crippen molar-refractivity contribution in [3.8, 4) is 0 Å². The van der Waals surface area contributed by atoms with Gasteiger partial charge in [0.1, 0.15) is 6.04 Å². The summed E-state index contributed by atoms with van der Waals surface area (Å²) in [5, 5.41) is 3.54. The van der Waals surface area contributed by atoms with E-state index < -0.39 is 6.04 Å². The van der Waals surface area contributed by atoms with E-state index in [0.29, 0.717) is 30.8 Å². The Hall–Kier alpha value is -2.33. The van der Waals surface area contributed by atoms with Gasteiger partial charge in [0, 0.05) is 24.0 Å². The lowest BCUT2D eigenvalue weighted by atomic mass is 10.1. The summed E-state index contributed by atoms with van der Waals surface area (Å²) in [6.45, 7) is 6.08. The first-order valence-corrected chi connectivity index (χ1v) is 10.2. The van der Waals surface area contributed by atoms with E-state index in [4.69, 9.17) is 11.6 Å². The van der Waals surface area contributed by atoms with Crippen LogP contribution in [0.2, 0.25) is 5.02 Å². The van der Waals surface area contributed by atoms with Gasteiger partial charge in [-0.3, -0.25) is 9.59 Å². The smallest absolute Gasteiger partial charge is 0.243 e. The Morgan fingerprint density at radius 1 is 1.04 bits per heavy atom. The number of hydrogen-bond donors (Lipinski definition) is 1. The monoisotopic (exact) mass is 400 g/mol. The Labute approximate surface area is 172 Å². The van der Waals surface area contributed by atoms with Crippen LogP contribution in [0.15, 0.2) is 54.6 Å². The van der Waals surface area contributed by atoms with E-state index in [9.17, 15) is 9.59 Å². The number of aryl methyl sites for hydroxylation is 1. The minimum Gasteiger partial charge on any atom is -0.352 e. The Kier molecular flexibility index (Phi) is 8.52. The maximum atomic E-state index is 13.1. The topological polar surface area (TPSA) is 49.4 Å². The molecular weight excluding hydrogens is 372 g/mol. The van der Waals surface area contributed by atoms with Crippen LogP contribution in [0.1, 0.15) is 44.7 Å². The molecule has 0 fully saturated rings. The van der Waals surface area contributed by atoms with Gasteiger partial charge < -0.3 is 10.2 Å². The molecule has 2 aromatic carbocycles. The SMILES string of the molecule is CC[C@H](C(=O)NC(C)C)N(Cc1ccccc1Cl)C(=O)CCc1ccccc1. The molecule has 5 heteroatoms. The second-order valence-corrected chi connectivity index (χ2v) is 7.59. The quantitative estimate of drug-likeness (QED) is 0.668. The third kappa shape index (κ3) is 6.38. The molecule has 0 aliphatic carbocycles. The number of hydrogen-bond acceptors (Lipinski definition) is 2. The lowest BCUT2D eigenvalue weighted by Gasteiger charge is -2.31. The van der Waals surface area contributed by atoms with Crippen molar-refractivity contribution >= 4 is 23.4 Å². The van der Waals surface area contributed by atoms with E-state index >= 15 is 0 Å². The molecule has 1 atom stereocenters. The molecule has 4 nitrogen and oxygen atoms in total. The second-order valence-electron chi connectivity index (χ2n) is 7.19. The summed E-state index contributed by atoms with van der Waals surface area (Å²) in [7, 11) is 0. The van der Waals surface area contributed by atoms with E-state index in [-0.39, 0.29) is 17.9 Å². The van der Waals surface area contributed by atoms with Crippen molar-refractivity contribution < 1.29 is 9.59 Å². The maximum Gasteiger partial charge on any atom is 0.243 e. The first-order chi connectivity index (χ1) is 13.4.